The van der Waals surface area contributed by atoms with Gasteiger partial charge in [-0.3, -0.25) is 0 Å². The molecule has 1 nitrogen and oxygen atoms in total. The van der Waals surface area contributed by atoms with Gasteiger partial charge in [0.1, 0.15) is 0 Å². The lowest BCUT2D eigenvalue weighted by atomic mass is 10.4. The van der Waals surface area contributed by atoms with Crippen molar-refractivity contribution < 1.29 is 0 Å². The molecule has 0 radical (unpaired) electrons. The smallest absolute Gasteiger partial charge is 0.0159 e. The Morgan fingerprint density at radius 2 is 1.93 bits per heavy atom. The molecule has 1 aromatic rings. The second-order valence-corrected chi connectivity index (χ2v) is 5.25. The van der Waals surface area contributed by atoms with Crippen molar-refractivity contribution in [1.82, 2.24) is 4.90 Å². The molecule has 15 heavy (non-hydrogen) atoms. The number of thioether (sulfide) groups is 1. The molecule has 1 rings (SSSR count). The van der Waals surface area contributed by atoms with Gasteiger partial charge in [-0.05, 0) is 18.7 Å². The van der Waals surface area contributed by atoms with Crippen LogP contribution in [0.3, 0.4) is 0 Å². The third kappa shape index (κ3) is 5.59. The summed E-state index contributed by atoms with van der Waals surface area (Å²) in [5, 5.41) is 1.07. The maximum Gasteiger partial charge on any atom is 0.0159 e. The highest BCUT2D eigenvalue weighted by atomic mass is 79.9. The van der Waals surface area contributed by atoms with Crippen LogP contribution in [-0.4, -0.2) is 35.6 Å². The fourth-order valence-electron chi connectivity index (χ4n) is 1.36. The van der Waals surface area contributed by atoms with Crippen molar-refractivity contribution in [2.75, 3.05) is 30.7 Å². The van der Waals surface area contributed by atoms with Crippen molar-refractivity contribution in [3.05, 3.63) is 30.3 Å². The standard InChI is InChI=1S/C12H18BrNS/c1-2-14(9-8-13)10-11-15-12-6-4-3-5-7-12/h3-7H,2,8-11H2,1H3. The van der Waals surface area contributed by atoms with E-state index >= 15 is 0 Å². The second-order valence-electron chi connectivity index (χ2n) is 3.28. The molecule has 3 heteroatoms. The lowest BCUT2D eigenvalue weighted by molar-refractivity contribution is 0.327. The van der Waals surface area contributed by atoms with E-state index in [0.29, 0.717) is 0 Å². The van der Waals surface area contributed by atoms with Gasteiger partial charge in [0.2, 0.25) is 0 Å². The molecule has 0 aliphatic carbocycles. The van der Waals surface area contributed by atoms with E-state index in [1.807, 2.05) is 11.8 Å². The maximum atomic E-state index is 3.48. The summed E-state index contributed by atoms with van der Waals surface area (Å²) in [5.41, 5.74) is 0. The highest BCUT2D eigenvalue weighted by molar-refractivity contribution is 9.09. The molecule has 0 aliphatic heterocycles. The number of rotatable bonds is 7. The van der Waals surface area contributed by atoms with Gasteiger partial charge in [0.05, 0.1) is 0 Å². The number of hydrogen-bond donors (Lipinski definition) is 0. The van der Waals surface area contributed by atoms with Crippen molar-refractivity contribution in [2.24, 2.45) is 0 Å². The van der Waals surface area contributed by atoms with Crippen LogP contribution in [0.25, 0.3) is 0 Å². The van der Waals surface area contributed by atoms with Crippen molar-refractivity contribution in [1.29, 1.82) is 0 Å². The average Bonchev–Trinajstić information content (AvgIpc) is 2.29. The van der Waals surface area contributed by atoms with Crippen LogP contribution in [0.15, 0.2) is 35.2 Å². The molecule has 0 spiro atoms. The fraction of sp³-hybridized carbons (Fsp3) is 0.500. The molecule has 0 bridgehead atoms. The van der Waals surface area contributed by atoms with Crippen LogP contribution in [0.2, 0.25) is 0 Å². The number of halogens is 1. The average molecular weight is 288 g/mol. The van der Waals surface area contributed by atoms with Crippen LogP contribution in [-0.2, 0) is 0 Å². The third-order valence-electron chi connectivity index (χ3n) is 2.27. The molecule has 0 aliphatic rings. The summed E-state index contributed by atoms with van der Waals surface area (Å²) >= 11 is 5.41. The van der Waals surface area contributed by atoms with Gasteiger partial charge >= 0.3 is 0 Å². The fourth-order valence-corrected chi connectivity index (χ4v) is 2.79. The Morgan fingerprint density at radius 1 is 1.20 bits per heavy atom. The quantitative estimate of drug-likeness (QED) is 0.558. The van der Waals surface area contributed by atoms with Gasteiger partial charge < -0.3 is 4.90 Å². The molecular weight excluding hydrogens is 270 g/mol. The minimum Gasteiger partial charge on any atom is -0.302 e. The van der Waals surface area contributed by atoms with Crippen molar-refractivity contribution >= 4 is 27.7 Å². The van der Waals surface area contributed by atoms with Gasteiger partial charge in [-0.15, -0.1) is 11.8 Å². The first-order chi connectivity index (χ1) is 7.36. The zero-order valence-corrected chi connectivity index (χ0v) is 11.6. The number of benzene rings is 1. The van der Waals surface area contributed by atoms with E-state index < -0.39 is 0 Å². The van der Waals surface area contributed by atoms with Crippen LogP contribution in [0.1, 0.15) is 6.92 Å². The van der Waals surface area contributed by atoms with Crippen molar-refractivity contribution in [3.63, 3.8) is 0 Å². The molecule has 0 saturated heterocycles. The monoisotopic (exact) mass is 287 g/mol. The van der Waals surface area contributed by atoms with E-state index in [1.165, 1.54) is 17.2 Å². The van der Waals surface area contributed by atoms with Crippen LogP contribution < -0.4 is 0 Å². The van der Waals surface area contributed by atoms with Crippen LogP contribution >= 0.6 is 27.7 Å². The highest BCUT2D eigenvalue weighted by Gasteiger charge is 2.00. The Morgan fingerprint density at radius 3 is 2.53 bits per heavy atom. The summed E-state index contributed by atoms with van der Waals surface area (Å²) in [4.78, 5) is 3.83. The van der Waals surface area contributed by atoms with Crippen molar-refractivity contribution in [3.8, 4) is 0 Å². The minimum atomic E-state index is 1.07. The maximum absolute atomic E-state index is 3.48. The molecule has 0 atom stereocenters. The first kappa shape index (κ1) is 13.1. The molecular formula is C12H18BrNS. The van der Waals surface area contributed by atoms with E-state index in [2.05, 4.69) is 58.1 Å². The molecule has 0 unspecified atom stereocenters. The molecule has 0 amide bonds. The summed E-state index contributed by atoms with van der Waals surface area (Å²) in [7, 11) is 0. The summed E-state index contributed by atoms with van der Waals surface area (Å²) in [6, 6.07) is 10.6. The first-order valence-corrected chi connectivity index (χ1v) is 7.43. The lowest BCUT2D eigenvalue weighted by Gasteiger charge is -2.18. The predicted molar refractivity (Wildman–Crippen MR) is 73.1 cm³/mol. The van der Waals surface area contributed by atoms with Gasteiger partial charge in [-0.25, -0.2) is 0 Å². The van der Waals surface area contributed by atoms with Gasteiger partial charge in [0.25, 0.3) is 0 Å². The second kappa shape index (κ2) is 8.20. The predicted octanol–water partition coefficient (Wildman–Crippen LogP) is 3.50. The highest BCUT2D eigenvalue weighted by Crippen LogP contribution is 2.16. The van der Waals surface area contributed by atoms with Gasteiger partial charge in [0, 0.05) is 29.1 Å². The molecule has 0 N–H and O–H groups in total. The first-order valence-electron chi connectivity index (χ1n) is 5.33. The van der Waals surface area contributed by atoms with Gasteiger partial charge in [-0.1, -0.05) is 41.1 Å². The van der Waals surface area contributed by atoms with E-state index in [4.69, 9.17) is 0 Å². The summed E-state index contributed by atoms with van der Waals surface area (Å²) < 4.78 is 0. The number of alkyl halides is 1. The molecule has 0 heterocycles. The Labute approximate surface area is 105 Å². The van der Waals surface area contributed by atoms with E-state index in [1.54, 1.807) is 0 Å². The van der Waals surface area contributed by atoms with E-state index in [9.17, 15) is 0 Å². The molecule has 1 aromatic carbocycles. The third-order valence-corrected chi connectivity index (χ3v) is 3.61. The Balaban J connectivity index is 2.20. The van der Waals surface area contributed by atoms with E-state index in [-0.39, 0.29) is 0 Å². The van der Waals surface area contributed by atoms with Crippen LogP contribution in [0.5, 0.6) is 0 Å². The topological polar surface area (TPSA) is 3.24 Å². The Hall–Kier alpha value is 0.0100. The molecule has 0 saturated carbocycles. The minimum absolute atomic E-state index is 1.07. The van der Waals surface area contributed by atoms with E-state index in [0.717, 1.165) is 18.4 Å². The Kier molecular flexibility index (Phi) is 7.14. The zero-order chi connectivity index (χ0) is 10.9. The summed E-state index contributed by atoms with van der Waals surface area (Å²) in [6.07, 6.45) is 0. The normalized spacial score (nSPS) is 10.9. The molecule has 0 aromatic heterocycles. The summed E-state index contributed by atoms with van der Waals surface area (Å²) in [6.45, 7) is 5.67. The van der Waals surface area contributed by atoms with Crippen LogP contribution in [0, 0.1) is 0 Å². The van der Waals surface area contributed by atoms with Gasteiger partial charge in [0.15, 0.2) is 0 Å². The zero-order valence-electron chi connectivity index (χ0n) is 9.16. The SMILES string of the molecule is CCN(CCBr)CCSc1ccccc1. The van der Waals surface area contributed by atoms with Crippen LogP contribution in [0.4, 0.5) is 0 Å². The lowest BCUT2D eigenvalue weighted by Crippen LogP contribution is -2.27. The largest absolute Gasteiger partial charge is 0.302 e. The van der Waals surface area contributed by atoms with Crippen molar-refractivity contribution in [2.45, 2.75) is 11.8 Å². The number of nitrogens with zero attached hydrogens (tertiary/aromatic N) is 1. The molecule has 84 valence electrons. The summed E-state index contributed by atoms with van der Waals surface area (Å²) in [5.74, 6) is 1.17. The van der Waals surface area contributed by atoms with Gasteiger partial charge in [-0.2, -0.15) is 0 Å². The molecule has 0 fully saturated rings. The number of hydrogen-bond acceptors (Lipinski definition) is 2. The Bertz CT molecular complexity index is 253.